The minimum atomic E-state index is -0.0734. The Labute approximate surface area is 104 Å². The summed E-state index contributed by atoms with van der Waals surface area (Å²) in [6.45, 7) is 12.3. The Hall–Kier alpha value is -1.35. The fourth-order valence-corrected chi connectivity index (χ4v) is 1.93. The number of hydrogen-bond acceptors (Lipinski definition) is 2. The van der Waals surface area contributed by atoms with Gasteiger partial charge >= 0.3 is 0 Å². The Bertz CT molecular complexity index is 349. The fraction of sp³-hybridized carbons (Fsp3) is 0.500. The second kappa shape index (κ2) is 6.40. The summed E-state index contributed by atoms with van der Waals surface area (Å²) in [4.78, 5) is 12.1. The SMILES string of the molecule is C=C/C(C)=C(/NC(=O)C1CCCCN1)C(=C)C. The van der Waals surface area contributed by atoms with Crippen LogP contribution in [0.5, 0.6) is 0 Å². The molecule has 0 bridgehead atoms. The van der Waals surface area contributed by atoms with Crippen molar-refractivity contribution in [3.63, 3.8) is 0 Å². The molecule has 17 heavy (non-hydrogen) atoms. The maximum Gasteiger partial charge on any atom is 0.241 e. The van der Waals surface area contributed by atoms with E-state index in [1.807, 2.05) is 13.8 Å². The summed E-state index contributed by atoms with van der Waals surface area (Å²) < 4.78 is 0. The predicted molar refractivity (Wildman–Crippen MR) is 71.5 cm³/mol. The molecule has 1 fully saturated rings. The van der Waals surface area contributed by atoms with Gasteiger partial charge in [-0.1, -0.05) is 25.7 Å². The van der Waals surface area contributed by atoms with E-state index in [0.717, 1.165) is 42.7 Å². The Kier molecular flexibility index (Phi) is 5.16. The second-order valence-electron chi connectivity index (χ2n) is 4.53. The van der Waals surface area contributed by atoms with E-state index in [1.54, 1.807) is 6.08 Å². The monoisotopic (exact) mass is 234 g/mol. The Morgan fingerprint density at radius 3 is 2.59 bits per heavy atom. The maximum atomic E-state index is 12.1. The average Bonchev–Trinajstić information content (AvgIpc) is 2.35. The molecule has 1 rings (SSSR count). The molecule has 94 valence electrons. The molecule has 1 saturated heterocycles. The molecule has 0 radical (unpaired) electrons. The maximum absolute atomic E-state index is 12.1. The molecule has 1 unspecified atom stereocenters. The van der Waals surface area contributed by atoms with Gasteiger partial charge in [0.15, 0.2) is 0 Å². The molecule has 0 aliphatic carbocycles. The van der Waals surface area contributed by atoms with E-state index in [-0.39, 0.29) is 11.9 Å². The van der Waals surface area contributed by atoms with Gasteiger partial charge in [-0.3, -0.25) is 4.79 Å². The number of carbonyl (C=O) groups is 1. The summed E-state index contributed by atoms with van der Waals surface area (Å²) in [6, 6.07) is -0.0734. The third kappa shape index (κ3) is 3.86. The highest BCUT2D eigenvalue weighted by Crippen LogP contribution is 2.13. The fourth-order valence-electron chi connectivity index (χ4n) is 1.93. The quantitative estimate of drug-likeness (QED) is 0.733. The number of carbonyl (C=O) groups excluding carboxylic acids is 1. The van der Waals surface area contributed by atoms with Crippen LogP contribution in [0, 0.1) is 0 Å². The molecule has 0 aromatic carbocycles. The van der Waals surface area contributed by atoms with Crippen molar-refractivity contribution < 1.29 is 4.79 Å². The van der Waals surface area contributed by atoms with Gasteiger partial charge in [0, 0.05) is 5.70 Å². The van der Waals surface area contributed by atoms with E-state index in [4.69, 9.17) is 0 Å². The molecular weight excluding hydrogens is 212 g/mol. The zero-order valence-electron chi connectivity index (χ0n) is 10.8. The lowest BCUT2D eigenvalue weighted by molar-refractivity contribution is -0.122. The molecule has 1 heterocycles. The van der Waals surface area contributed by atoms with E-state index < -0.39 is 0 Å². The van der Waals surface area contributed by atoms with Crippen LogP contribution in [0.15, 0.2) is 36.1 Å². The van der Waals surface area contributed by atoms with Crippen molar-refractivity contribution in [2.45, 2.75) is 39.2 Å². The molecule has 1 aliphatic rings. The van der Waals surface area contributed by atoms with Gasteiger partial charge in [-0.2, -0.15) is 0 Å². The molecule has 0 saturated carbocycles. The van der Waals surface area contributed by atoms with Gasteiger partial charge in [0.25, 0.3) is 0 Å². The molecule has 0 spiro atoms. The van der Waals surface area contributed by atoms with E-state index in [1.165, 1.54) is 0 Å². The number of amides is 1. The van der Waals surface area contributed by atoms with Crippen molar-refractivity contribution in [2.24, 2.45) is 0 Å². The van der Waals surface area contributed by atoms with Crippen molar-refractivity contribution in [1.29, 1.82) is 0 Å². The third-order valence-corrected chi connectivity index (χ3v) is 3.00. The number of nitrogens with one attached hydrogen (secondary N) is 2. The van der Waals surface area contributed by atoms with Crippen LogP contribution in [0.2, 0.25) is 0 Å². The summed E-state index contributed by atoms with van der Waals surface area (Å²) in [5.74, 6) is 0.0314. The lowest BCUT2D eigenvalue weighted by Gasteiger charge is -2.23. The molecule has 2 N–H and O–H groups in total. The lowest BCUT2D eigenvalue weighted by atomic mass is 10.0. The van der Waals surface area contributed by atoms with Gasteiger partial charge in [0.1, 0.15) is 0 Å². The molecule has 0 aromatic heterocycles. The minimum Gasteiger partial charge on any atom is -0.324 e. The van der Waals surface area contributed by atoms with Crippen molar-refractivity contribution in [1.82, 2.24) is 10.6 Å². The highest BCUT2D eigenvalue weighted by molar-refractivity contribution is 5.84. The van der Waals surface area contributed by atoms with Crippen LogP contribution in [-0.2, 0) is 4.79 Å². The van der Waals surface area contributed by atoms with E-state index in [9.17, 15) is 4.79 Å². The van der Waals surface area contributed by atoms with Crippen LogP contribution in [0.1, 0.15) is 33.1 Å². The van der Waals surface area contributed by atoms with Crippen LogP contribution in [0.25, 0.3) is 0 Å². The lowest BCUT2D eigenvalue weighted by Crippen LogP contribution is -2.46. The average molecular weight is 234 g/mol. The smallest absolute Gasteiger partial charge is 0.241 e. The van der Waals surface area contributed by atoms with Gasteiger partial charge in [-0.05, 0) is 44.4 Å². The second-order valence-corrected chi connectivity index (χ2v) is 4.53. The minimum absolute atomic E-state index is 0.0314. The molecular formula is C14H22N2O. The van der Waals surface area contributed by atoms with E-state index in [2.05, 4.69) is 23.8 Å². The first-order valence-electron chi connectivity index (χ1n) is 6.09. The van der Waals surface area contributed by atoms with Gasteiger partial charge < -0.3 is 10.6 Å². The van der Waals surface area contributed by atoms with Gasteiger partial charge in [-0.15, -0.1) is 0 Å². The van der Waals surface area contributed by atoms with Crippen molar-refractivity contribution in [2.75, 3.05) is 6.54 Å². The first kappa shape index (κ1) is 13.7. The zero-order valence-corrected chi connectivity index (χ0v) is 10.8. The molecule has 1 amide bonds. The third-order valence-electron chi connectivity index (χ3n) is 3.00. The summed E-state index contributed by atoms with van der Waals surface area (Å²) in [5, 5.41) is 6.17. The van der Waals surface area contributed by atoms with Crippen LogP contribution in [0.4, 0.5) is 0 Å². The van der Waals surface area contributed by atoms with Crippen molar-refractivity contribution in [3.8, 4) is 0 Å². The first-order chi connectivity index (χ1) is 8.06. The summed E-state index contributed by atoms with van der Waals surface area (Å²) in [7, 11) is 0. The van der Waals surface area contributed by atoms with Crippen LogP contribution >= 0.6 is 0 Å². The molecule has 1 atom stereocenters. The molecule has 1 aliphatic heterocycles. The number of hydrogen-bond donors (Lipinski definition) is 2. The molecule has 3 heteroatoms. The normalized spacial score (nSPS) is 21.4. The highest BCUT2D eigenvalue weighted by atomic mass is 16.2. The van der Waals surface area contributed by atoms with Crippen LogP contribution < -0.4 is 10.6 Å². The Morgan fingerprint density at radius 1 is 1.41 bits per heavy atom. The largest absolute Gasteiger partial charge is 0.324 e. The van der Waals surface area contributed by atoms with Gasteiger partial charge in [0.05, 0.1) is 6.04 Å². The Morgan fingerprint density at radius 2 is 2.12 bits per heavy atom. The van der Waals surface area contributed by atoms with Gasteiger partial charge in [-0.25, -0.2) is 0 Å². The number of piperidine rings is 1. The van der Waals surface area contributed by atoms with Crippen LogP contribution in [-0.4, -0.2) is 18.5 Å². The first-order valence-corrected chi connectivity index (χ1v) is 6.09. The predicted octanol–water partition coefficient (Wildman–Crippen LogP) is 2.28. The standard InChI is InChI=1S/C14H22N2O/c1-5-11(4)13(10(2)3)16-14(17)12-8-6-7-9-15-12/h5,12,15H,1-2,6-9H2,3-4H3,(H,16,17)/b13-11+. The van der Waals surface area contributed by atoms with Crippen molar-refractivity contribution >= 4 is 5.91 Å². The number of rotatable bonds is 4. The zero-order chi connectivity index (χ0) is 12.8. The topological polar surface area (TPSA) is 41.1 Å². The summed E-state index contributed by atoms with van der Waals surface area (Å²) in [5.41, 5.74) is 2.59. The number of allylic oxidation sites excluding steroid dienone is 3. The summed E-state index contributed by atoms with van der Waals surface area (Å²) in [6.07, 6.45) is 4.90. The van der Waals surface area contributed by atoms with E-state index in [0.29, 0.717) is 0 Å². The Balaban J connectivity index is 2.70. The summed E-state index contributed by atoms with van der Waals surface area (Å²) >= 11 is 0. The van der Waals surface area contributed by atoms with Gasteiger partial charge in [0.2, 0.25) is 5.91 Å². The molecule has 3 nitrogen and oxygen atoms in total. The van der Waals surface area contributed by atoms with E-state index >= 15 is 0 Å². The molecule has 0 aromatic rings. The van der Waals surface area contributed by atoms with Crippen LogP contribution in [0.3, 0.4) is 0 Å². The van der Waals surface area contributed by atoms with Crippen molar-refractivity contribution in [3.05, 3.63) is 36.1 Å². The highest BCUT2D eigenvalue weighted by Gasteiger charge is 2.21.